The van der Waals surface area contributed by atoms with Gasteiger partial charge in [0, 0.05) is 6.42 Å². The van der Waals surface area contributed by atoms with Crippen LogP contribution in [-0.2, 0) is 18.4 Å². The summed E-state index contributed by atoms with van der Waals surface area (Å²) in [5.74, 6) is -0.213. The fourth-order valence-corrected chi connectivity index (χ4v) is 7.40. The minimum absolute atomic E-state index is 0.00258. The maximum Gasteiger partial charge on any atom is 0.268 e. The van der Waals surface area contributed by atoms with Gasteiger partial charge in [0.15, 0.2) is 0 Å². The highest BCUT2D eigenvalue weighted by Gasteiger charge is 2.23. The van der Waals surface area contributed by atoms with E-state index >= 15 is 0 Å². The van der Waals surface area contributed by atoms with E-state index in [1.807, 2.05) is 27.2 Å². The van der Waals surface area contributed by atoms with Crippen LogP contribution in [0.2, 0.25) is 0 Å². The number of carbonyl (C=O) groups excluding carboxylic acids is 1. The van der Waals surface area contributed by atoms with Gasteiger partial charge in [0.25, 0.3) is 7.82 Å². The Kier molecular flexibility index (Phi) is 37.8. The number of allylic oxidation sites excluding steroid dienone is 3. The Morgan fingerprint density at radius 2 is 1.00 bits per heavy atom. The lowest BCUT2D eigenvalue weighted by molar-refractivity contribution is -0.870. The Hall–Kier alpha value is -1.02. The van der Waals surface area contributed by atoms with E-state index in [4.69, 9.17) is 9.05 Å². The summed E-state index contributed by atoms with van der Waals surface area (Å²) in [5, 5.41) is 13.8. The van der Waals surface area contributed by atoms with Crippen molar-refractivity contribution in [1.29, 1.82) is 0 Å². The first-order valence-corrected chi connectivity index (χ1v) is 24.7. The highest BCUT2D eigenvalue weighted by molar-refractivity contribution is 7.45. The van der Waals surface area contributed by atoms with Gasteiger partial charge in [-0.3, -0.25) is 9.36 Å². The number of nitrogens with one attached hydrogen (secondary N) is 1. The lowest BCUT2D eigenvalue weighted by atomic mass is 10.0. The summed E-state index contributed by atoms with van der Waals surface area (Å²) in [5.41, 5.74) is 0. The zero-order chi connectivity index (χ0) is 40.7. The number of carbonyl (C=O) groups is 1. The summed E-state index contributed by atoms with van der Waals surface area (Å²) in [7, 11) is 1.26. The fraction of sp³-hybridized carbons (Fsp3) is 0.891. The van der Waals surface area contributed by atoms with Gasteiger partial charge in [-0.2, -0.15) is 0 Å². The van der Waals surface area contributed by atoms with Gasteiger partial charge in [0.1, 0.15) is 13.2 Å². The largest absolute Gasteiger partial charge is 0.756 e. The van der Waals surface area contributed by atoms with Crippen molar-refractivity contribution in [2.45, 2.75) is 225 Å². The maximum atomic E-state index is 12.8. The molecule has 0 fully saturated rings. The van der Waals surface area contributed by atoms with E-state index in [9.17, 15) is 19.4 Å². The molecule has 0 aromatic rings. The number of nitrogens with zero attached hydrogens (tertiary/aromatic N) is 1. The first-order valence-electron chi connectivity index (χ1n) is 23.2. The number of unbranched alkanes of at least 4 members (excludes halogenated alkanes) is 27. The summed E-state index contributed by atoms with van der Waals surface area (Å²) in [6.45, 7) is 4.63. The molecule has 0 heterocycles. The molecule has 3 atom stereocenters. The van der Waals surface area contributed by atoms with Gasteiger partial charge in [-0.15, -0.1) is 0 Å². The van der Waals surface area contributed by atoms with Crippen LogP contribution in [0, 0.1) is 0 Å². The zero-order valence-corrected chi connectivity index (χ0v) is 37.8. The minimum atomic E-state index is -4.59. The molecule has 0 saturated carbocycles. The lowest BCUT2D eigenvalue weighted by Crippen LogP contribution is -2.45. The molecule has 3 unspecified atom stereocenters. The van der Waals surface area contributed by atoms with Crippen molar-refractivity contribution in [2.75, 3.05) is 40.9 Å². The van der Waals surface area contributed by atoms with Crippen molar-refractivity contribution >= 4 is 13.7 Å². The lowest BCUT2D eigenvalue weighted by Gasteiger charge is -2.29. The van der Waals surface area contributed by atoms with Gasteiger partial charge in [0.2, 0.25) is 5.91 Å². The number of hydrogen-bond donors (Lipinski definition) is 2. The fourth-order valence-electron chi connectivity index (χ4n) is 6.68. The van der Waals surface area contributed by atoms with Gasteiger partial charge in [0.05, 0.1) is 39.9 Å². The van der Waals surface area contributed by atoms with Crippen molar-refractivity contribution in [2.24, 2.45) is 0 Å². The standard InChI is InChI=1S/C46H91N2O6P/c1-6-8-10-12-14-16-18-20-21-22-23-24-25-26-28-29-31-33-35-37-39-45(49)44(43-54-55(51,52)53-42-41-48(3,4)5)47-46(50)40-38-36-34-32-30-27-19-17-15-13-11-9-7-2/h27,30,37,39,44-45,49H,6-26,28-29,31-36,38,40-43H2,1-5H3,(H-,47,50,51,52)/b30-27-,39-37+. The Morgan fingerprint density at radius 1 is 0.618 bits per heavy atom. The predicted octanol–water partition coefficient (Wildman–Crippen LogP) is 12.3. The smallest absolute Gasteiger partial charge is 0.268 e. The molecular weight excluding hydrogens is 707 g/mol. The van der Waals surface area contributed by atoms with Crippen molar-refractivity contribution < 1.29 is 32.9 Å². The molecule has 0 radical (unpaired) electrons. The van der Waals surface area contributed by atoms with Crippen molar-refractivity contribution in [3.8, 4) is 0 Å². The van der Waals surface area contributed by atoms with Gasteiger partial charge >= 0.3 is 0 Å². The van der Waals surface area contributed by atoms with Crippen LogP contribution in [0.4, 0.5) is 0 Å². The second kappa shape index (κ2) is 38.5. The van der Waals surface area contributed by atoms with Crippen molar-refractivity contribution in [3.05, 3.63) is 24.3 Å². The average Bonchev–Trinajstić information content (AvgIpc) is 3.13. The number of hydrogen-bond acceptors (Lipinski definition) is 6. The van der Waals surface area contributed by atoms with Crippen LogP contribution in [0.3, 0.4) is 0 Å². The average molecular weight is 799 g/mol. The summed E-state index contributed by atoms with van der Waals surface area (Å²) in [6.07, 6.45) is 45.1. The van der Waals surface area contributed by atoms with E-state index < -0.39 is 20.0 Å². The molecule has 0 aliphatic heterocycles. The highest BCUT2D eigenvalue weighted by atomic mass is 31.2. The molecule has 326 valence electrons. The molecule has 0 bridgehead atoms. The van der Waals surface area contributed by atoms with Gasteiger partial charge in [-0.1, -0.05) is 186 Å². The number of rotatable bonds is 42. The molecule has 9 heteroatoms. The van der Waals surface area contributed by atoms with Crippen LogP contribution in [0.1, 0.15) is 213 Å². The molecule has 0 aromatic carbocycles. The van der Waals surface area contributed by atoms with Gasteiger partial charge < -0.3 is 28.8 Å². The van der Waals surface area contributed by atoms with E-state index in [0.29, 0.717) is 17.4 Å². The number of likely N-dealkylation sites (N-methyl/N-ethyl adjacent to an activating group) is 1. The van der Waals surface area contributed by atoms with E-state index in [2.05, 4.69) is 31.3 Å². The second-order valence-electron chi connectivity index (χ2n) is 17.1. The molecule has 55 heavy (non-hydrogen) atoms. The summed E-state index contributed by atoms with van der Waals surface area (Å²) in [6, 6.07) is -0.891. The number of quaternary nitrogens is 1. The number of amides is 1. The predicted molar refractivity (Wildman–Crippen MR) is 233 cm³/mol. The van der Waals surface area contributed by atoms with Crippen LogP contribution in [0.25, 0.3) is 0 Å². The Morgan fingerprint density at radius 3 is 1.42 bits per heavy atom. The number of aliphatic hydroxyl groups is 1. The number of aliphatic hydroxyl groups excluding tert-OH is 1. The molecule has 2 N–H and O–H groups in total. The molecule has 0 saturated heterocycles. The minimum Gasteiger partial charge on any atom is -0.756 e. The SMILES string of the molecule is CCCCCCCC/C=C\CCCCCC(=O)NC(COP(=O)([O-])OCC[N+](C)(C)C)C(O)/C=C/CCCCCCCCCCCCCCCCCCCC. The van der Waals surface area contributed by atoms with Crippen LogP contribution >= 0.6 is 7.82 Å². The molecule has 0 aromatic heterocycles. The third-order valence-corrected chi connectivity index (χ3v) is 11.4. The first-order chi connectivity index (χ1) is 26.5. The van der Waals surface area contributed by atoms with E-state index in [0.717, 1.165) is 51.4 Å². The monoisotopic (exact) mass is 799 g/mol. The second-order valence-corrected chi connectivity index (χ2v) is 18.5. The molecule has 1 amide bonds. The molecule has 8 nitrogen and oxygen atoms in total. The van der Waals surface area contributed by atoms with E-state index in [1.54, 1.807) is 6.08 Å². The third kappa shape index (κ3) is 41.0. The Balaban J connectivity index is 4.38. The Bertz CT molecular complexity index is 953. The molecule has 0 spiro atoms. The highest BCUT2D eigenvalue weighted by Crippen LogP contribution is 2.38. The molecule has 0 aliphatic carbocycles. The number of phosphoric ester groups is 1. The van der Waals surface area contributed by atoms with Crippen LogP contribution in [0.5, 0.6) is 0 Å². The van der Waals surface area contributed by atoms with Gasteiger partial charge in [-0.05, 0) is 44.9 Å². The number of phosphoric acid groups is 1. The normalized spacial score (nSPS) is 14.5. The van der Waals surface area contributed by atoms with E-state index in [-0.39, 0.29) is 19.1 Å². The van der Waals surface area contributed by atoms with Crippen LogP contribution < -0.4 is 10.2 Å². The molecular formula is C46H91N2O6P. The summed E-state index contributed by atoms with van der Waals surface area (Å²) >= 11 is 0. The van der Waals surface area contributed by atoms with E-state index in [1.165, 1.54) is 141 Å². The third-order valence-electron chi connectivity index (χ3n) is 10.4. The zero-order valence-electron chi connectivity index (χ0n) is 36.9. The van der Waals surface area contributed by atoms with Crippen LogP contribution in [0.15, 0.2) is 24.3 Å². The molecule has 0 aliphatic rings. The van der Waals surface area contributed by atoms with Crippen LogP contribution in [-0.4, -0.2) is 68.5 Å². The first kappa shape index (κ1) is 54.0. The van der Waals surface area contributed by atoms with Crippen molar-refractivity contribution in [3.63, 3.8) is 0 Å². The summed E-state index contributed by atoms with van der Waals surface area (Å²) in [4.78, 5) is 25.3. The summed E-state index contributed by atoms with van der Waals surface area (Å²) < 4.78 is 23.2. The topological polar surface area (TPSA) is 108 Å². The molecule has 0 rings (SSSR count). The van der Waals surface area contributed by atoms with Crippen molar-refractivity contribution in [1.82, 2.24) is 5.32 Å². The maximum absolute atomic E-state index is 12.8. The Labute approximate surface area is 341 Å². The van der Waals surface area contributed by atoms with Gasteiger partial charge in [-0.25, -0.2) is 0 Å². The quantitative estimate of drug-likeness (QED) is 0.0276.